The van der Waals surface area contributed by atoms with E-state index in [0.717, 1.165) is 11.6 Å². The smallest absolute Gasteiger partial charge is 0.399 e. The summed E-state index contributed by atoms with van der Waals surface area (Å²) in [5.41, 5.74) is 6.74. The van der Waals surface area contributed by atoms with E-state index >= 15 is 0 Å². The van der Waals surface area contributed by atoms with E-state index in [1.807, 2.05) is 0 Å². The Kier molecular flexibility index (Phi) is 3.74. The minimum Gasteiger partial charge on any atom is -0.399 e. The number of nitrogen functional groups attached to an aromatic ring is 1. The van der Waals surface area contributed by atoms with Crippen molar-refractivity contribution in [2.45, 2.75) is 19.5 Å². The zero-order valence-electron chi connectivity index (χ0n) is 11.0. The lowest BCUT2D eigenvalue weighted by atomic mass is 10.0. The summed E-state index contributed by atoms with van der Waals surface area (Å²) < 4.78 is 37.6. The molecule has 20 heavy (non-hydrogen) atoms. The number of anilines is 1. The van der Waals surface area contributed by atoms with Crippen LogP contribution in [0.15, 0.2) is 29.8 Å². The molecule has 0 atom stereocenters. The maximum absolute atomic E-state index is 12.5. The number of benzene rings is 1. The molecular formula is C14H15F3N2O. The van der Waals surface area contributed by atoms with Crippen molar-refractivity contribution in [1.82, 2.24) is 4.90 Å². The molecule has 0 unspecified atom stereocenters. The Labute approximate surface area is 114 Å². The molecule has 0 fully saturated rings. The average Bonchev–Trinajstić information content (AvgIpc) is 2.40. The van der Waals surface area contributed by atoms with Gasteiger partial charge in [-0.25, -0.2) is 0 Å². The quantitative estimate of drug-likeness (QED) is 0.636. The van der Waals surface area contributed by atoms with Crippen LogP contribution in [-0.2, 0) is 0 Å². The molecule has 1 aromatic rings. The molecule has 0 aliphatic carbocycles. The van der Waals surface area contributed by atoms with Crippen molar-refractivity contribution in [3.8, 4) is 0 Å². The fraction of sp³-hybridized carbons (Fsp3) is 0.357. The lowest BCUT2D eigenvalue weighted by molar-refractivity contribution is -0.0957. The first-order valence-corrected chi connectivity index (χ1v) is 6.20. The third kappa shape index (κ3) is 2.95. The molecule has 108 valence electrons. The van der Waals surface area contributed by atoms with E-state index < -0.39 is 11.7 Å². The van der Waals surface area contributed by atoms with Crippen LogP contribution >= 0.6 is 0 Å². The SMILES string of the molecule is Cc1ccc(N)cc1C(=O)N1CC=C(C(F)(F)F)CC1. The van der Waals surface area contributed by atoms with Crippen LogP contribution in [0.2, 0.25) is 0 Å². The van der Waals surface area contributed by atoms with Gasteiger partial charge in [-0.2, -0.15) is 13.2 Å². The van der Waals surface area contributed by atoms with Gasteiger partial charge in [-0.3, -0.25) is 4.79 Å². The Morgan fingerprint density at radius 3 is 2.60 bits per heavy atom. The Balaban J connectivity index is 2.17. The molecule has 0 aromatic heterocycles. The third-order valence-corrected chi connectivity index (χ3v) is 3.35. The Hall–Kier alpha value is -1.98. The number of nitrogens with zero attached hydrogens (tertiary/aromatic N) is 1. The topological polar surface area (TPSA) is 46.3 Å². The average molecular weight is 284 g/mol. The molecule has 0 bridgehead atoms. The van der Waals surface area contributed by atoms with Gasteiger partial charge in [0.15, 0.2) is 0 Å². The van der Waals surface area contributed by atoms with Gasteiger partial charge < -0.3 is 10.6 Å². The molecule has 0 saturated carbocycles. The largest absolute Gasteiger partial charge is 0.412 e. The summed E-state index contributed by atoms with van der Waals surface area (Å²) in [5, 5.41) is 0. The van der Waals surface area contributed by atoms with E-state index in [1.54, 1.807) is 25.1 Å². The second-order valence-corrected chi connectivity index (χ2v) is 4.80. The van der Waals surface area contributed by atoms with Gasteiger partial charge in [0.25, 0.3) is 5.91 Å². The fourth-order valence-corrected chi connectivity index (χ4v) is 2.15. The lowest BCUT2D eigenvalue weighted by Crippen LogP contribution is -2.37. The van der Waals surface area contributed by atoms with Gasteiger partial charge in [0.2, 0.25) is 0 Å². The Bertz CT molecular complexity index is 564. The predicted molar refractivity (Wildman–Crippen MR) is 70.2 cm³/mol. The molecule has 0 radical (unpaired) electrons. The minimum absolute atomic E-state index is 0.0259. The van der Waals surface area contributed by atoms with Gasteiger partial charge in [0.05, 0.1) is 0 Å². The number of hydrogen-bond acceptors (Lipinski definition) is 2. The van der Waals surface area contributed by atoms with E-state index in [2.05, 4.69) is 0 Å². The van der Waals surface area contributed by atoms with Crippen LogP contribution in [0.5, 0.6) is 0 Å². The van der Waals surface area contributed by atoms with Crippen LogP contribution in [-0.4, -0.2) is 30.1 Å². The van der Waals surface area contributed by atoms with E-state index in [0.29, 0.717) is 11.3 Å². The summed E-state index contributed by atoms with van der Waals surface area (Å²) >= 11 is 0. The number of halogens is 3. The molecular weight excluding hydrogens is 269 g/mol. The number of carbonyl (C=O) groups excluding carboxylic acids is 1. The standard InChI is InChI=1S/C14H15F3N2O/c1-9-2-3-11(18)8-12(9)13(20)19-6-4-10(5-7-19)14(15,16)17/h2-4,8H,5-7,18H2,1H3. The van der Waals surface area contributed by atoms with Gasteiger partial charge in [-0.05, 0) is 31.0 Å². The number of aryl methyl sites for hydroxylation is 1. The molecule has 0 spiro atoms. The van der Waals surface area contributed by atoms with Gasteiger partial charge in [0.1, 0.15) is 0 Å². The third-order valence-electron chi connectivity index (χ3n) is 3.35. The molecule has 3 nitrogen and oxygen atoms in total. The number of alkyl halides is 3. The van der Waals surface area contributed by atoms with Gasteiger partial charge in [-0.1, -0.05) is 12.1 Å². The molecule has 2 N–H and O–H groups in total. The molecule has 6 heteroatoms. The first-order chi connectivity index (χ1) is 9.29. The fourth-order valence-electron chi connectivity index (χ4n) is 2.15. The molecule has 2 rings (SSSR count). The highest BCUT2D eigenvalue weighted by molar-refractivity contribution is 5.96. The van der Waals surface area contributed by atoms with Crippen LogP contribution in [0.4, 0.5) is 18.9 Å². The van der Waals surface area contributed by atoms with Crippen molar-refractivity contribution in [2.24, 2.45) is 0 Å². The summed E-state index contributed by atoms with van der Waals surface area (Å²) in [7, 11) is 0. The van der Waals surface area contributed by atoms with Crippen molar-refractivity contribution in [1.29, 1.82) is 0 Å². The summed E-state index contributed by atoms with van der Waals surface area (Å²) in [4.78, 5) is 13.7. The highest BCUT2D eigenvalue weighted by Gasteiger charge is 2.35. The first kappa shape index (κ1) is 14.4. The van der Waals surface area contributed by atoms with Crippen molar-refractivity contribution < 1.29 is 18.0 Å². The summed E-state index contributed by atoms with van der Waals surface area (Å²) in [6.07, 6.45) is -3.40. The Morgan fingerprint density at radius 2 is 2.05 bits per heavy atom. The maximum Gasteiger partial charge on any atom is 0.412 e. The van der Waals surface area contributed by atoms with Crippen molar-refractivity contribution in [3.05, 3.63) is 41.0 Å². The van der Waals surface area contributed by atoms with E-state index in [1.165, 1.54) is 4.90 Å². The van der Waals surface area contributed by atoms with Gasteiger partial charge in [-0.15, -0.1) is 0 Å². The molecule has 1 aliphatic heterocycles. The van der Waals surface area contributed by atoms with Crippen molar-refractivity contribution in [3.63, 3.8) is 0 Å². The predicted octanol–water partition coefficient (Wildman–Crippen LogP) is 2.91. The summed E-state index contributed by atoms with van der Waals surface area (Å²) in [6, 6.07) is 4.97. The number of carbonyl (C=O) groups is 1. The van der Waals surface area contributed by atoms with E-state index in [9.17, 15) is 18.0 Å². The van der Waals surface area contributed by atoms with Crippen LogP contribution in [0.3, 0.4) is 0 Å². The van der Waals surface area contributed by atoms with Crippen LogP contribution in [0.25, 0.3) is 0 Å². The highest BCUT2D eigenvalue weighted by atomic mass is 19.4. The summed E-state index contributed by atoms with van der Waals surface area (Å²) in [6.45, 7) is 1.81. The molecule has 1 aliphatic rings. The number of amides is 1. The van der Waals surface area contributed by atoms with Crippen molar-refractivity contribution >= 4 is 11.6 Å². The summed E-state index contributed by atoms with van der Waals surface area (Å²) in [5.74, 6) is -0.285. The number of hydrogen-bond donors (Lipinski definition) is 1. The first-order valence-electron chi connectivity index (χ1n) is 6.20. The van der Waals surface area contributed by atoms with Gasteiger partial charge >= 0.3 is 6.18 Å². The monoisotopic (exact) mass is 284 g/mol. The molecule has 0 saturated heterocycles. The highest BCUT2D eigenvalue weighted by Crippen LogP contribution is 2.30. The Morgan fingerprint density at radius 1 is 1.35 bits per heavy atom. The van der Waals surface area contributed by atoms with Crippen molar-refractivity contribution in [2.75, 3.05) is 18.8 Å². The minimum atomic E-state index is -4.30. The van der Waals surface area contributed by atoms with Crippen LogP contribution < -0.4 is 5.73 Å². The second kappa shape index (κ2) is 5.19. The molecule has 1 aromatic carbocycles. The second-order valence-electron chi connectivity index (χ2n) is 4.80. The maximum atomic E-state index is 12.5. The molecule has 1 heterocycles. The number of rotatable bonds is 1. The normalized spacial score (nSPS) is 16.0. The van der Waals surface area contributed by atoms with E-state index in [4.69, 9.17) is 5.73 Å². The lowest BCUT2D eigenvalue weighted by Gasteiger charge is -2.28. The number of nitrogens with two attached hydrogens (primary N) is 1. The zero-order chi connectivity index (χ0) is 14.9. The van der Waals surface area contributed by atoms with Gasteiger partial charge in [0, 0.05) is 29.9 Å². The van der Waals surface area contributed by atoms with E-state index in [-0.39, 0.29) is 25.4 Å². The van der Waals surface area contributed by atoms with Crippen LogP contribution in [0.1, 0.15) is 22.3 Å². The van der Waals surface area contributed by atoms with Crippen LogP contribution in [0, 0.1) is 6.92 Å². The zero-order valence-corrected chi connectivity index (χ0v) is 11.0. The molecule has 1 amide bonds.